The van der Waals surface area contributed by atoms with Crippen molar-refractivity contribution in [2.75, 3.05) is 39.3 Å². The summed E-state index contributed by atoms with van der Waals surface area (Å²) in [5, 5.41) is 2.64. The average Bonchev–Trinajstić information content (AvgIpc) is 2.39. The van der Waals surface area contributed by atoms with Gasteiger partial charge in [0.15, 0.2) is 11.5 Å². The monoisotopic (exact) mass is 290 g/mol. The third-order valence-electron chi connectivity index (χ3n) is 2.18. The highest BCUT2D eigenvalue weighted by molar-refractivity contribution is 5.92. The minimum atomic E-state index is -0.261. The number of carbonyl (C=O) groups excluding carboxylic acids is 1. The van der Waals surface area contributed by atoms with Crippen LogP contribution in [0.3, 0.4) is 0 Å². The van der Waals surface area contributed by atoms with Crippen molar-refractivity contribution in [3.8, 4) is 11.5 Å². The number of nitrogens with one attached hydrogen (secondary N) is 1. The van der Waals surface area contributed by atoms with E-state index >= 15 is 0 Å². The van der Waals surface area contributed by atoms with Crippen LogP contribution in [0.15, 0.2) is 18.2 Å². The van der Waals surface area contributed by atoms with Gasteiger partial charge in [-0.25, -0.2) is 0 Å². The Kier molecular flexibility index (Phi) is 8.69. The fraction of sp³-hybridized carbons (Fsp3) is 0.417. The molecule has 7 heteroatoms. The Morgan fingerprint density at radius 1 is 1.26 bits per heavy atom. The van der Waals surface area contributed by atoms with Gasteiger partial charge in [-0.3, -0.25) is 4.79 Å². The number of hydrogen-bond donors (Lipinski definition) is 2. The van der Waals surface area contributed by atoms with E-state index in [2.05, 4.69) is 5.32 Å². The lowest BCUT2D eigenvalue weighted by atomic mass is 10.2. The first-order valence-corrected chi connectivity index (χ1v) is 5.51. The Balaban J connectivity index is 0.00000324. The van der Waals surface area contributed by atoms with E-state index in [1.54, 1.807) is 32.4 Å². The Morgan fingerprint density at radius 3 is 2.58 bits per heavy atom. The third kappa shape index (κ3) is 5.78. The molecular weight excluding hydrogens is 272 g/mol. The van der Waals surface area contributed by atoms with Gasteiger partial charge in [0.1, 0.15) is 6.61 Å². The zero-order chi connectivity index (χ0) is 13.4. The zero-order valence-electron chi connectivity index (χ0n) is 11.0. The van der Waals surface area contributed by atoms with Gasteiger partial charge in [0.05, 0.1) is 20.3 Å². The van der Waals surface area contributed by atoms with E-state index in [9.17, 15) is 4.79 Å². The van der Waals surface area contributed by atoms with E-state index in [0.29, 0.717) is 30.4 Å². The molecule has 0 heterocycles. The molecule has 1 amide bonds. The van der Waals surface area contributed by atoms with Crippen LogP contribution < -0.4 is 20.5 Å². The number of methoxy groups -OCH3 is 2. The first kappa shape index (κ1) is 17.5. The fourth-order valence-electron chi connectivity index (χ4n) is 1.31. The molecule has 0 atom stereocenters. The minimum absolute atomic E-state index is 0. The van der Waals surface area contributed by atoms with Crippen molar-refractivity contribution in [1.82, 2.24) is 0 Å². The predicted molar refractivity (Wildman–Crippen MR) is 75.3 cm³/mol. The molecule has 0 aliphatic heterocycles. The summed E-state index contributed by atoms with van der Waals surface area (Å²) < 4.78 is 15.5. The molecule has 0 fully saturated rings. The van der Waals surface area contributed by atoms with Crippen LogP contribution in [-0.2, 0) is 9.53 Å². The number of carbonyl (C=O) groups is 1. The molecule has 3 N–H and O–H groups in total. The number of hydrogen-bond acceptors (Lipinski definition) is 5. The number of ether oxygens (including phenoxy) is 3. The summed E-state index contributed by atoms with van der Waals surface area (Å²) in [5.74, 6) is 0.879. The van der Waals surface area contributed by atoms with Crippen molar-refractivity contribution in [3.63, 3.8) is 0 Å². The van der Waals surface area contributed by atoms with Crippen molar-refractivity contribution >= 4 is 24.0 Å². The van der Waals surface area contributed by atoms with Gasteiger partial charge in [0.2, 0.25) is 5.91 Å². The summed E-state index contributed by atoms with van der Waals surface area (Å²) in [6.45, 7) is 0.815. The lowest BCUT2D eigenvalue weighted by Gasteiger charge is -2.12. The average molecular weight is 291 g/mol. The normalized spacial score (nSPS) is 9.42. The van der Waals surface area contributed by atoms with Gasteiger partial charge in [0.25, 0.3) is 0 Å². The predicted octanol–water partition coefficient (Wildman–Crippen LogP) is 1.04. The van der Waals surface area contributed by atoms with Crippen molar-refractivity contribution in [2.45, 2.75) is 0 Å². The van der Waals surface area contributed by atoms with Gasteiger partial charge in [-0.15, -0.1) is 12.4 Å². The highest BCUT2D eigenvalue weighted by Gasteiger charge is 2.07. The topological polar surface area (TPSA) is 82.8 Å². The lowest BCUT2D eigenvalue weighted by Crippen LogP contribution is -2.21. The van der Waals surface area contributed by atoms with Crippen LogP contribution >= 0.6 is 12.4 Å². The first-order valence-electron chi connectivity index (χ1n) is 5.51. The van der Waals surface area contributed by atoms with Crippen LogP contribution in [0.5, 0.6) is 11.5 Å². The molecule has 6 nitrogen and oxygen atoms in total. The quantitative estimate of drug-likeness (QED) is 0.733. The molecular formula is C12H19ClN2O4. The smallest absolute Gasteiger partial charge is 0.238 e. The maximum Gasteiger partial charge on any atom is 0.238 e. The fourth-order valence-corrected chi connectivity index (χ4v) is 1.31. The van der Waals surface area contributed by atoms with Crippen LogP contribution in [-0.4, -0.2) is 39.9 Å². The highest BCUT2D eigenvalue weighted by Crippen LogP contribution is 2.30. The molecule has 0 unspecified atom stereocenters. The van der Waals surface area contributed by atoms with Crippen molar-refractivity contribution in [2.24, 2.45) is 5.73 Å². The van der Waals surface area contributed by atoms with Crippen LogP contribution in [0.25, 0.3) is 0 Å². The molecule has 0 saturated heterocycles. The number of benzene rings is 1. The largest absolute Gasteiger partial charge is 0.493 e. The van der Waals surface area contributed by atoms with Crippen molar-refractivity contribution in [3.05, 3.63) is 18.2 Å². The second kappa shape index (κ2) is 9.43. The Labute approximate surface area is 118 Å². The van der Waals surface area contributed by atoms with E-state index in [1.165, 1.54) is 0 Å². The molecule has 0 aliphatic carbocycles. The van der Waals surface area contributed by atoms with Gasteiger partial charge < -0.3 is 25.3 Å². The van der Waals surface area contributed by atoms with E-state index in [1.807, 2.05) is 0 Å². The van der Waals surface area contributed by atoms with Crippen LogP contribution in [0, 0.1) is 0 Å². The van der Waals surface area contributed by atoms with E-state index in [4.69, 9.17) is 19.9 Å². The number of halogens is 1. The van der Waals surface area contributed by atoms with Gasteiger partial charge in [-0.2, -0.15) is 0 Å². The Hall–Kier alpha value is -1.50. The standard InChI is InChI=1S/C12H18N2O4.ClH/c1-16-5-6-18-11-7-9(14-12(15)8-13)3-4-10(11)17-2;/h3-4,7H,5-6,8,13H2,1-2H3,(H,14,15);1H. The molecule has 0 aliphatic rings. The van der Waals surface area contributed by atoms with Crippen LogP contribution in [0.4, 0.5) is 5.69 Å². The van der Waals surface area contributed by atoms with Gasteiger partial charge in [-0.05, 0) is 12.1 Å². The molecule has 0 saturated carbocycles. The Bertz CT molecular complexity index is 401. The van der Waals surface area contributed by atoms with E-state index in [-0.39, 0.29) is 24.9 Å². The van der Waals surface area contributed by atoms with Crippen LogP contribution in [0.1, 0.15) is 0 Å². The maximum atomic E-state index is 11.2. The number of nitrogens with two attached hydrogens (primary N) is 1. The minimum Gasteiger partial charge on any atom is -0.493 e. The molecule has 0 bridgehead atoms. The Morgan fingerprint density at radius 2 is 2.00 bits per heavy atom. The van der Waals surface area contributed by atoms with Gasteiger partial charge in [0, 0.05) is 18.9 Å². The summed E-state index contributed by atoms with van der Waals surface area (Å²) in [5.41, 5.74) is 5.84. The zero-order valence-corrected chi connectivity index (χ0v) is 11.8. The second-order valence-electron chi connectivity index (χ2n) is 3.46. The first-order chi connectivity index (χ1) is 8.71. The number of amides is 1. The summed E-state index contributed by atoms with van der Waals surface area (Å²) in [4.78, 5) is 11.2. The molecule has 0 spiro atoms. The van der Waals surface area contributed by atoms with E-state index < -0.39 is 0 Å². The second-order valence-corrected chi connectivity index (χ2v) is 3.46. The maximum absolute atomic E-state index is 11.2. The molecule has 0 aromatic heterocycles. The SMILES string of the molecule is COCCOc1cc(NC(=O)CN)ccc1OC.Cl. The summed E-state index contributed by atoms with van der Waals surface area (Å²) >= 11 is 0. The van der Waals surface area contributed by atoms with E-state index in [0.717, 1.165) is 0 Å². The summed E-state index contributed by atoms with van der Waals surface area (Å²) in [6.07, 6.45) is 0. The molecule has 19 heavy (non-hydrogen) atoms. The number of rotatable bonds is 7. The van der Waals surface area contributed by atoms with Gasteiger partial charge in [-0.1, -0.05) is 0 Å². The van der Waals surface area contributed by atoms with Crippen molar-refractivity contribution < 1.29 is 19.0 Å². The van der Waals surface area contributed by atoms with Crippen molar-refractivity contribution in [1.29, 1.82) is 0 Å². The summed E-state index contributed by atoms with van der Waals surface area (Å²) in [7, 11) is 3.15. The molecule has 108 valence electrons. The summed E-state index contributed by atoms with van der Waals surface area (Å²) in [6, 6.07) is 5.12. The third-order valence-corrected chi connectivity index (χ3v) is 2.18. The highest BCUT2D eigenvalue weighted by atomic mass is 35.5. The molecule has 1 aromatic carbocycles. The molecule has 0 radical (unpaired) electrons. The van der Waals surface area contributed by atoms with Gasteiger partial charge >= 0.3 is 0 Å². The number of anilines is 1. The lowest BCUT2D eigenvalue weighted by molar-refractivity contribution is -0.114. The molecule has 1 aromatic rings. The molecule has 1 rings (SSSR count). The van der Waals surface area contributed by atoms with Crippen LogP contribution in [0.2, 0.25) is 0 Å².